The van der Waals surface area contributed by atoms with Gasteiger partial charge in [0, 0.05) is 0 Å². The van der Waals surface area contributed by atoms with Gasteiger partial charge < -0.3 is 10.5 Å². The van der Waals surface area contributed by atoms with Gasteiger partial charge in [-0.15, -0.1) is 0 Å². The molecule has 0 radical (unpaired) electrons. The van der Waals surface area contributed by atoms with Crippen LogP contribution in [0.5, 0.6) is 11.5 Å². The van der Waals surface area contributed by atoms with E-state index >= 15 is 0 Å². The Bertz CT molecular complexity index is 623. The summed E-state index contributed by atoms with van der Waals surface area (Å²) < 4.78 is 5.97. The molecule has 0 heterocycles. The van der Waals surface area contributed by atoms with E-state index in [9.17, 15) is 0 Å². The zero-order valence-corrected chi connectivity index (χ0v) is 12.9. The summed E-state index contributed by atoms with van der Waals surface area (Å²) >= 11 is 6.28. The van der Waals surface area contributed by atoms with Crippen LogP contribution in [0.4, 0.5) is 0 Å². The summed E-state index contributed by atoms with van der Waals surface area (Å²) in [5, 5.41) is 0.620. The van der Waals surface area contributed by atoms with Crippen LogP contribution in [0.25, 0.3) is 0 Å². The third-order valence-electron chi connectivity index (χ3n) is 3.41. The Balaban J connectivity index is 2.31. The normalized spacial score (nSPS) is 10.7. The summed E-state index contributed by atoms with van der Waals surface area (Å²) in [6.45, 7) is 6.82. The first-order valence-corrected chi connectivity index (χ1v) is 7.13. The predicted molar refractivity (Wildman–Crippen MR) is 84.9 cm³/mol. The molecule has 0 bridgehead atoms. The third-order valence-corrected chi connectivity index (χ3v) is 3.71. The van der Waals surface area contributed by atoms with Gasteiger partial charge in [0.05, 0.1) is 5.02 Å². The van der Waals surface area contributed by atoms with Crippen LogP contribution in [0.3, 0.4) is 0 Å². The summed E-state index contributed by atoms with van der Waals surface area (Å²) in [5.41, 5.74) is 10.2. The van der Waals surface area contributed by atoms with Gasteiger partial charge in [-0.05, 0) is 74.2 Å². The second-order valence-electron chi connectivity index (χ2n) is 5.11. The molecule has 2 rings (SSSR count). The largest absolute Gasteiger partial charge is 0.456 e. The number of rotatable bonds is 4. The minimum absolute atomic E-state index is 0.618. The number of hydrogen-bond acceptors (Lipinski definition) is 2. The van der Waals surface area contributed by atoms with Crippen LogP contribution in [-0.4, -0.2) is 6.54 Å². The van der Waals surface area contributed by atoms with E-state index in [1.165, 1.54) is 11.1 Å². The highest BCUT2D eigenvalue weighted by molar-refractivity contribution is 6.32. The van der Waals surface area contributed by atoms with Crippen molar-refractivity contribution in [2.75, 3.05) is 6.54 Å². The van der Waals surface area contributed by atoms with E-state index in [0.29, 0.717) is 17.3 Å². The molecule has 2 N–H and O–H groups in total. The minimum Gasteiger partial charge on any atom is -0.456 e. The van der Waals surface area contributed by atoms with E-state index in [1.54, 1.807) is 0 Å². The van der Waals surface area contributed by atoms with E-state index < -0.39 is 0 Å². The third kappa shape index (κ3) is 3.33. The van der Waals surface area contributed by atoms with Crippen LogP contribution in [0.15, 0.2) is 30.3 Å². The molecule has 2 aromatic carbocycles. The molecular formula is C17H20ClNO. The topological polar surface area (TPSA) is 35.2 Å². The number of hydrogen-bond donors (Lipinski definition) is 1. The lowest BCUT2D eigenvalue weighted by Gasteiger charge is -2.13. The molecule has 0 fully saturated rings. The summed E-state index contributed by atoms with van der Waals surface area (Å²) in [6.07, 6.45) is 0.822. The van der Waals surface area contributed by atoms with Gasteiger partial charge in [-0.3, -0.25) is 0 Å². The van der Waals surface area contributed by atoms with Crippen molar-refractivity contribution in [3.63, 3.8) is 0 Å². The fraction of sp³-hybridized carbons (Fsp3) is 0.294. The van der Waals surface area contributed by atoms with Gasteiger partial charge in [0.1, 0.15) is 11.5 Å². The average molecular weight is 290 g/mol. The molecule has 0 atom stereocenters. The fourth-order valence-electron chi connectivity index (χ4n) is 2.17. The molecule has 20 heavy (non-hydrogen) atoms. The lowest BCUT2D eigenvalue weighted by molar-refractivity contribution is 0.478. The predicted octanol–water partition coefficient (Wildman–Crippen LogP) is 4.56. The Hall–Kier alpha value is -1.51. The van der Waals surface area contributed by atoms with Crippen molar-refractivity contribution in [2.45, 2.75) is 27.2 Å². The highest BCUT2D eigenvalue weighted by atomic mass is 35.5. The highest BCUT2D eigenvalue weighted by Gasteiger charge is 2.08. The molecular weight excluding hydrogens is 270 g/mol. The Labute approximate surface area is 125 Å². The van der Waals surface area contributed by atoms with Gasteiger partial charge in [-0.25, -0.2) is 0 Å². The monoisotopic (exact) mass is 289 g/mol. The number of halogens is 1. The second kappa shape index (κ2) is 6.29. The van der Waals surface area contributed by atoms with Crippen molar-refractivity contribution in [1.29, 1.82) is 0 Å². The Morgan fingerprint density at radius 3 is 2.45 bits per heavy atom. The molecule has 106 valence electrons. The second-order valence-corrected chi connectivity index (χ2v) is 5.52. The van der Waals surface area contributed by atoms with Crippen molar-refractivity contribution >= 4 is 11.6 Å². The zero-order chi connectivity index (χ0) is 14.7. The first-order valence-electron chi connectivity index (χ1n) is 6.75. The SMILES string of the molecule is Cc1cc(C)c(C)c(Oc2ccc(CCN)cc2Cl)c1. The fourth-order valence-corrected chi connectivity index (χ4v) is 2.42. The van der Waals surface area contributed by atoms with Gasteiger partial charge in [0.15, 0.2) is 0 Å². The van der Waals surface area contributed by atoms with Crippen molar-refractivity contribution < 1.29 is 4.74 Å². The number of nitrogens with two attached hydrogens (primary N) is 1. The smallest absolute Gasteiger partial charge is 0.146 e. The standard InChI is InChI=1S/C17H20ClNO/c1-11-8-12(2)13(3)17(9-11)20-16-5-4-14(6-7-19)10-15(16)18/h4-5,8-10H,6-7,19H2,1-3H3. The van der Waals surface area contributed by atoms with Crippen molar-refractivity contribution in [1.82, 2.24) is 0 Å². The molecule has 0 aromatic heterocycles. The van der Waals surface area contributed by atoms with Gasteiger partial charge in [0.2, 0.25) is 0 Å². The molecule has 2 nitrogen and oxygen atoms in total. The Morgan fingerprint density at radius 2 is 1.80 bits per heavy atom. The molecule has 0 aliphatic heterocycles. The molecule has 0 amide bonds. The lowest BCUT2D eigenvalue weighted by Crippen LogP contribution is -2.02. The van der Waals surface area contributed by atoms with Crippen molar-refractivity contribution in [3.05, 3.63) is 57.6 Å². The molecule has 0 saturated carbocycles. The quantitative estimate of drug-likeness (QED) is 0.895. The maximum absolute atomic E-state index is 6.28. The first kappa shape index (κ1) is 14.9. The van der Waals surface area contributed by atoms with E-state index in [4.69, 9.17) is 22.1 Å². The first-order chi connectivity index (χ1) is 9.51. The summed E-state index contributed by atoms with van der Waals surface area (Å²) in [6, 6.07) is 10.0. The van der Waals surface area contributed by atoms with Crippen LogP contribution >= 0.6 is 11.6 Å². The average Bonchev–Trinajstić information content (AvgIpc) is 2.38. The molecule has 0 saturated heterocycles. The van der Waals surface area contributed by atoms with Gasteiger partial charge in [-0.1, -0.05) is 23.7 Å². The van der Waals surface area contributed by atoms with Crippen LogP contribution in [-0.2, 0) is 6.42 Å². The van der Waals surface area contributed by atoms with Crippen molar-refractivity contribution in [3.8, 4) is 11.5 Å². The van der Waals surface area contributed by atoms with Crippen LogP contribution in [0.1, 0.15) is 22.3 Å². The van der Waals surface area contributed by atoms with Crippen LogP contribution in [0.2, 0.25) is 5.02 Å². The maximum Gasteiger partial charge on any atom is 0.146 e. The minimum atomic E-state index is 0.618. The molecule has 3 heteroatoms. The van der Waals surface area contributed by atoms with E-state index in [1.807, 2.05) is 24.3 Å². The van der Waals surface area contributed by atoms with Gasteiger partial charge >= 0.3 is 0 Å². The van der Waals surface area contributed by atoms with E-state index in [-0.39, 0.29) is 0 Å². The molecule has 0 spiro atoms. The molecule has 0 aliphatic carbocycles. The number of aryl methyl sites for hydroxylation is 2. The van der Waals surface area contributed by atoms with E-state index in [2.05, 4.69) is 26.8 Å². The lowest BCUT2D eigenvalue weighted by atomic mass is 10.1. The zero-order valence-electron chi connectivity index (χ0n) is 12.2. The van der Waals surface area contributed by atoms with Gasteiger partial charge in [-0.2, -0.15) is 0 Å². The van der Waals surface area contributed by atoms with Gasteiger partial charge in [0.25, 0.3) is 0 Å². The summed E-state index contributed by atoms with van der Waals surface area (Å²) in [7, 11) is 0. The Kier molecular flexibility index (Phi) is 4.69. The molecule has 2 aromatic rings. The number of ether oxygens (including phenoxy) is 1. The Morgan fingerprint density at radius 1 is 1.05 bits per heavy atom. The highest BCUT2D eigenvalue weighted by Crippen LogP contribution is 2.33. The molecule has 0 unspecified atom stereocenters. The summed E-state index contributed by atoms with van der Waals surface area (Å²) in [4.78, 5) is 0. The maximum atomic E-state index is 6.28. The number of benzene rings is 2. The molecule has 0 aliphatic rings. The van der Waals surface area contributed by atoms with E-state index in [0.717, 1.165) is 23.3 Å². The van der Waals surface area contributed by atoms with Crippen LogP contribution < -0.4 is 10.5 Å². The van der Waals surface area contributed by atoms with Crippen molar-refractivity contribution in [2.24, 2.45) is 5.73 Å². The van der Waals surface area contributed by atoms with Crippen LogP contribution in [0, 0.1) is 20.8 Å². The summed E-state index contributed by atoms with van der Waals surface area (Å²) in [5.74, 6) is 1.54.